The van der Waals surface area contributed by atoms with Gasteiger partial charge in [-0.05, 0) is 25.0 Å². The summed E-state index contributed by atoms with van der Waals surface area (Å²) in [7, 11) is 1.46. The summed E-state index contributed by atoms with van der Waals surface area (Å²) in [4.78, 5) is 36.4. The number of amides is 3. The summed E-state index contributed by atoms with van der Waals surface area (Å²) in [5.74, 6) is -3.09. The number of nitrogens with one attached hydrogen (secondary N) is 2. The smallest absolute Gasteiger partial charge is 0.239 e. The van der Waals surface area contributed by atoms with E-state index in [-0.39, 0.29) is 31.3 Å². The Bertz CT molecular complexity index is 627. The van der Waals surface area contributed by atoms with Crippen LogP contribution in [0, 0.1) is 11.6 Å². The number of likely N-dealkylation sites (N-methyl/N-ethyl adjacent to an activating group) is 1. The first-order valence-electron chi connectivity index (χ1n) is 7.64. The number of benzene rings is 1. The second-order valence-corrected chi connectivity index (χ2v) is 5.74. The summed E-state index contributed by atoms with van der Waals surface area (Å²) in [6.07, 6.45) is 1.52. The fraction of sp³-hybridized carbons (Fsp3) is 0.438. The Hall–Kier alpha value is -2.51. The normalized spacial score (nSPS) is 13.3. The van der Waals surface area contributed by atoms with Gasteiger partial charge in [0.25, 0.3) is 0 Å². The molecule has 0 unspecified atom stereocenters. The highest BCUT2D eigenvalue weighted by Crippen LogP contribution is 2.19. The zero-order valence-corrected chi connectivity index (χ0v) is 13.3. The number of hydrogen-bond donors (Lipinski definition) is 2. The van der Waals surface area contributed by atoms with Crippen molar-refractivity contribution in [3.63, 3.8) is 0 Å². The molecule has 24 heavy (non-hydrogen) atoms. The fourth-order valence-corrected chi connectivity index (χ4v) is 2.04. The number of rotatable bonds is 7. The zero-order valence-electron chi connectivity index (χ0n) is 13.3. The van der Waals surface area contributed by atoms with Crippen LogP contribution in [0.15, 0.2) is 18.2 Å². The molecule has 0 radical (unpaired) electrons. The highest BCUT2D eigenvalue weighted by Gasteiger charge is 2.24. The van der Waals surface area contributed by atoms with Crippen molar-refractivity contribution in [1.29, 1.82) is 0 Å². The number of anilines is 1. The molecule has 1 aromatic rings. The lowest BCUT2D eigenvalue weighted by Gasteiger charge is -2.16. The third-order valence-electron chi connectivity index (χ3n) is 3.54. The largest absolute Gasteiger partial charge is 0.352 e. The minimum absolute atomic E-state index is 0.0844. The minimum Gasteiger partial charge on any atom is -0.352 e. The van der Waals surface area contributed by atoms with Crippen molar-refractivity contribution in [1.82, 2.24) is 10.2 Å². The van der Waals surface area contributed by atoms with Gasteiger partial charge in [-0.1, -0.05) is 6.07 Å². The van der Waals surface area contributed by atoms with Gasteiger partial charge in [0, 0.05) is 25.9 Å². The van der Waals surface area contributed by atoms with E-state index in [4.69, 9.17) is 0 Å². The first kappa shape index (κ1) is 17.8. The van der Waals surface area contributed by atoms with E-state index < -0.39 is 29.1 Å². The molecular formula is C16H19F2N3O3. The Labute approximate surface area is 138 Å². The van der Waals surface area contributed by atoms with E-state index in [2.05, 4.69) is 10.6 Å². The second-order valence-electron chi connectivity index (χ2n) is 5.74. The Morgan fingerprint density at radius 1 is 1.12 bits per heavy atom. The predicted molar refractivity (Wildman–Crippen MR) is 83.0 cm³/mol. The lowest BCUT2D eigenvalue weighted by Crippen LogP contribution is -2.39. The molecule has 1 aromatic carbocycles. The van der Waals surface area contributed by atoms with E-state index in [9.17, 15) is 23.2 Å². The molecule has 1 aliphatic rings. The van der Waals surface area contributed by atoms with Crippen LogP contribution in [-0.2, 0) is 14.4 Å². The molecule has 2 rings (SSSR count). The van der Waals surface area contributed by atoms with E-state index in [1.165, 1.54) is 18.0 Å². The number of nitrogens with zero attached hydrogens (tertiary/aromatic N) is 1. The van der Waals surface area contributed by atoms with Gasteiger partial charge in [-0.3, -0.25) is 14.4 Å². The van der Waals surface area contributed by atoms with Crippen LogP contribution in [0.25, 0.3) is 0 Å². The first-order chi connectivity index (χ1) is 11.4. The molecule has 0 bridgehead atoms. The van der Waals surface area contributed by atoms with E-state index in [1.807, 2.05) is 0 Å². The monoisotopic (exact) mass is 339 g/mol. The van der Waals surface area contributed by atoms with Gasteiger partial charge in [-0.25, -0.2) is 8.78 Å². The second kappa shape index (κ2) is 7.85. The number of hydrogen-bond acceptors (Lipinski definition) is 3. The maximum absolute atomic E-state index is 13.4. The van der Waals surface area contributed by atoms with Crippen LogP contribution in [0.3, 0.4) is 0 Å². The third kappa shape index (κ3) is 5.29. The number of carbonyl (C=O) groups excluding carboxylic acids is 3. The molecule has 1 aliphatic carbocycles. The van der Waals surface area contributed by atoms with Gasteiger partial charge in [0.2, 0.25) is 17.7 Å². The summed E-state index contributed by atoms with van der Waals surface area (Å²) >= 11 is 0. The van der Waals surface area contributed by atoms with Crippen molar-refractivity contribution < 1.29 is 23.2 Å². The number of para-hydroxylation sites is 1. The summed E-state index contributed by atoms with van der Waals surface area (Å²) in [5.41, 5.74) is -0.535. The van der Waals surface area contributed by atoms with Crippen LogP contribution in [0.1, 0.15) is 25.7 Å². The third-order valence-corrected chi connectivity index (χ3v) is 3.54. The Balaban J connectivity index is 1.75. The van der Waals surface area contributed by atoms with Crippen LogP contribution < -0.4 is 10.6 Å². The molecule has 3 amide bonds. The van der Waals surface area contributed by atoms with E-state index in [0.29, 0.717) is 0 Å². The van der Waals surface area contributed by atoms with Gasteiger partial charge in [0.1, 0.15) is 17.3 Å². The van der Waals surface area contributed by atoms with Crippen LogP contribution in [-0.4, -0.2) is 42.3 Å². The van der Waals surface area contributed by atoms with Gasteiger partial charge in [0.05, 0.1) is 6.54 Å². The summed E-state index contributed by atoms with van der Waals surface area (Å²) in [6.45, 7) is -0.0844. The molecule has 0 saturated heterocycles. The fourth-order valence-electron chi connectivity index (χ4n) is 2.04. The molecule has 1 fully saturated rings. The molecule has 1 saturated carbocycles. The Morgan fingerprint density at radius 2 is 1.75 bits per heavy atom. The van der Waals surface area contributed by atoms with Crippen molar-refractivity contribution in [2.45, 2.75) is 31.7 Å². The average Bonchev–Trinajstić information content (AvgIpc) is 3.32. The highest BCUT2D eigenvalue weighted by molar-refractivity contribution is 5.94. The molecule has 0 aromatic heterocycles. The van der Waals surface area contributed by atoms with E-state index in [1.54, 1.807) is 0 Å². The van der Waals surface area contributed by atoms with Crippen molar-refractivity contribution in [3.05, 3.63) is 29.8 Å². The molecule has 0 atom stereocenters. The van der Waals surface area contributed by atoms with Crippen molar-refractivity contribution in [2.75, 3.05) is 18.9 Å². The van der Waals surface area contributed by atoms with Crippen molar-refractivity contribution in [3.8, 4) is 0 Å². The molecule has 0 aliphatic heterocycles. The quantitative estimate of drug-likeness (QED) is 0.789. The van der Waals surface area contributed by atoms with E-state index in [0.717, 1.165) is 25.0 Å². The summed E-state index contributed by atoms with van der Waals surface area (Å²) in [5, 5.41) is 4.86. The molecule has 0 heterocycles. The van der Waals surface area contributed by atoms with Gasteiger partial charge >= 0.3 is 0 Å². The van der Waals surface area contributed by atoms with Gasteiger partial charge < -0.3 is 15.5 Å². The minimum atomic E-state index is -0.886. The highest BCUT2D eigenvalue weighted by atomic mass is 19.1. The standard InChI is InChI=1S/C16H19F2N3O3/c1-21(9-14(23)19-10-5-6-10)15(24)8-7-13(22)20-16-11(17)3-2-4-12(16)18/h2-4,10H,5-9H2,1H3,(H,19,23)(H,20,22). The molecule has 130 valence electrons. The van der Waals surface area contributed by atoms with Crippen LogP contribution in [0.2, 0.25) is 0 Å². The topological polar surface area (TPSA) is 78.5 Å². The van der Waals surface area contributed by atoms with E-state index >= 15 is 0 Å². The number of carbonyl (C=O) groups is 3. The maximum atomic E-state index is 13.4. The molecular weight excluding hydrogens is 320 g/mol. The molecule has 8 heteroatoms. The average molecular weight is 339 g/mol. The lowest BCUT2D eigenvalue weighted by molar-refractivity contribution is -0.135. The van der Waals surface area contributed by atoms with Crippen molar-refractivity contribution >= 4 is 23.4 Å². The summed E-state index contributed by atoms with van der Waals surface area (Å²) < 4.78 is 26.8. The SMILES string of the molecule is CN(CC(=O)NC1CC1)C(=O)CCC(=O)Nc1c(F)cccc1F. The van der Waals surface area contributed by atoms with Crippen molar-refractivity contribution in [2.24, 2.45) is 0 Å². The van der Waals surface area contributed by atoms with Crippen LogP contribution in [0.5, 0.6) is 0 Å². The van der Waals surface area contributed by atoms with Gasteiger partial charge in [0.15, 0.2) is 0 Å². The number of halogens is 2. The maximum Gasteiger partial charge on any atom is 0.239 e. The van der Waals surface area contributed by atoms with Gasteiger partial charge in [-0.2, -0.15) is 0 Å². The van der Waals surface area contributed by atoms with Crippen LogP contribution >= 0.6 is 0 Å². The molecule has 6 nitrogen and oxygen atoms in total. The molecule has 0 spiro atoms. The first-order valence-corrected chi connectivity index (χ1v) is 7.64. The predicted octanol–water partition coefficient (Wildman–Crippen LogP) is 1.42. The van der Waals surface area contributed by atoms with Crippen LogP contribution in [0.4, 0.5) is 14.5 Å². The zero-order chi connectivity index (χ0) is 17.7. The molecule has 2 N–H and O–H groups in total. The van der Waals surface area contributed by atoms with Gasteiger partial charge in [-0.15, -0.1) is 0 Å². The Morgan fingerprint density at radius 3 is 2.33 bits per heavy atom. The summed E-state index contributed by atoms with van der Waals surface area (Å²) in [6, 6.07) is 3.44. The lowest BCUT2D eigenvalue weighted by atomic mass is 10.2. The Kier molecular flexibility index (Phi) is 5.83.